The lowest BCUT2D eigenvalue weighted by Crippen LogP contribution is -2.03. The zero-order valence-corrected chi connectivity index (χ0v) is 8.32. The first-order valence-electron chi connectivity index (χ1n) is 4.80. The molecule has 0 amide bonds. The van der Waals surface area contributed by atoms with Gasteiger partial charge in [-0.3, -0.25) is 4.98 Å². The molecule has 1 aliphatic carbocycles. The van der Waals surface area contributed by atoms with Gasteiger partial charge in [-0.05, 0) is 31.4 Å². The zero-order valence-electron chi connectivity index (χ0n) is 8.32. The van der Waals surface area contributed by atoms with Gasteiger partial charge in [-0.25, -0.2) is 4.79 Å². The van der Waals surface area contributed by atoms with E-state index in [4.69, 9.17) is 5.11 Å². The molecule has 2 rings (SSSR count). The molecule has 1 fully saturated rings. The van der Waals surface area contributed by atoms with E-state index < -0.39 is 5.97 Å². The molecule has 0 spiro atoms. The number of carboxylic acids is 1. The molecule has 0 bridgehead atoms. The van der Waals surface area contributed by atoms with Crippen LogP contribution in [0.5, 0.6) is 0 Å². The molecule has 1 heterocycles. The molecule has 1 saturated carbocycles. The maximum atomic E-state index is 10.7. The number of aromatic nitrogens is 1. The lowest BCUT2D eigenvalue weighted by Gasteiger charge is -2.03. The number of aryl methyl sites for hydroxylation is 1. The molecule has 2 atom stereocenters. The first-order valence-corrected chi connectivity index (χ1v) is 4.80. The van der Waals surface area contributed by atoms with Crippen LogP contribution in [0.4, 0.5) is 0 Å². The van der Waals surface area contributed by atoms with E-state index in [2.05, 4.69) is 11.9 Å². The molecule has 1 N–H and O–H groups in total. The van der Waals surface area contributed by atoms with Crippen LogP contribution < -0.4 is 0 Å². The van der Waals surface area contributed by atoms with Gasteiger partial charge in [0.15, 0.2) is 0 Å². The number of pyridine rings is 1. The second-order valence-corrected chi connectivity index (χ2v) is 3.99. The highest BCUT2D eigenvalue weighted by Crippen LogP contribution is 2.46. The van der Waals surface area contributed by atoms with E-state index in [0.29, 0.717) is 23.1 Å². The highest BCUT2D eigenvalue weighted by atomic mass is 16.4. The van der Waals surface area contributed by atoms with Gasteiger partial charge in [0.2, 0.25) is 0 Å². The van der Waals surface area contributed by atoms with E-state index in [9.17, 15) is 4.79 Å². The predicted molar refractivity (Wildman–Crippen MR) is 52.5 cm³/mol. The minimum Gasteiger partial charge on any atom is -0.478 e. The summed E-state index contributed by atoms with van der Waals surface area (Å²) in [5.41, 5.74) is 1.97. The van der Waals surface area contributed by atoms with Crippen LogP contribution in [0.3, 0.4) is 0 Å². The Labute approximate surface area is 82.8 Å². The lowest BCUT2D eigenvalue weighted by atomic mass is 10.1. The summed E-state index contributed by atoms with van der Waals surface area (Å²) in [6.07, 6.45) is 1.18. The van der Waals surface area contributed by atoms with Crippen molar-refractivity contribution in [3.63, 3.8) is 0 Å². The Morgan fingerprint density at radius 2 is 2.21 bits per heavy atom. The van der Waals surface area contributed by atoms with Gasteiger partial charge >= 0.3 is 5.97 Å². The largest absolute Gasteiger partial charge is 0.478 e. The summed E-state index contributed by atoms with van der Waals surface area (Å²) in [6.45, 7) is 3.94. The summed E-state index contributed by atoms with van der Waals surface area (Å²) in [4.78, 5) is 15.1. The molecule has 0 radical (unpaired) electrons. The minimum absolute atomic E-state index is 0.307. The molecular formula is C11H13NO2. The van der Waals surface area contributed by atoms with E-state index in [-0.39, 0.29) is 0 Å². The van der Waals surface area contributed by atoms with Crippen molar-refractivity contribution in [2.45, 2.75) is 26.2 Å². The number of nitrogens with zero attached hydrogens (tertiary/aromatic N) is 1. The molecular weight excluding hydrogens is 178 g/mol. The van der Waals surface area contributed by atoms with E-state index in [0.717, 1.165) is 5.69 Å². The maximum absolute atomic E-state index is 10.7. The van der Waals surface area contributed by atoms with E-state index in [1.807, 2.05) is 6.07 Å². The van der Waals surface area contributed by atoms with Crippen molar-refractivity contribution in [3.05, 3.63) is 29.1 Å². The molecule has 3 heteroatoms. The van der Waals surface area contributed by atoms with Crippen LogP contribution in [0.2, 0.25) is 0 Å². The molecule has 3 nitrogen and oxygen atoms in total. The molecule has 74 valence electrons. The van der Waals surface area contributed by atoms with Crippen molar-refractivity contribution in [2.24, 2.45) is 5.92 Å². The van der Waals surface area contributed by atoms with E-state index in [1.165, 1.54) is 6.42 Å². The van der Waals surface area contributed by atoms with Crippen LogP contribution in [-0.2, 0) is 0 Å². The van der Waals surface area contributed by atoms with E-state index >= 15 is 0 Å². The highest BCUT2D eigenvalue weighted by molar-refractivity contribution is 5.88. The Hall–Kier alpha value is -1.38. The average Bonchev–Trinajstić information content (AvgIpc) is 2.81. The summed E-state index contributed by atoms with van der Waals surface area (Å²) in [7, 11) is 0. The van der Waals surface area contributed by atoms with Crippen LogP contribution >= 0.6 is 0 Å². The third kappa shape index (κ3) is 1.50. The number of aromatic carboxylic acids is 1. The van der Waals surface area contributed by atoms with Gasteiger partial charge in [-0.15, -0.1) is 0 Å². The molecule has 0 aliphatic heterocycles. The Morgan fingerprint density at radius 1 is 1.57 bits per heavy atom. The Balaban J connectivity index is 2.31. The summed E-state index contributed by atoms with van der Waals surface area (Å²) in [6, 6.07) is 3.50. The second-order valence-electron chi connectivity index (χ2n) is 3.99. The third-order valence-electron chi connectivity index (χ3n) is 2.83. The van der Waals surface area contributed by atoms with Crippen molar-refractivity contribution in [2.75, 3.05) is 0 Å². The van der Waals surface area contributed by atoms with Crippen molar-refractivity contribution in [3.8, 4) is 0 Å². The van der Waals surface area contributed by atoms with Gasteiger partial charge in [0.05, 0.1) is 11.3 Å². The number of carboxylic acid groups (broad SMARTS) is 1. The van der Waals surface area contributed by atoms with Crippen LogP contribution in [0.1, 0.15) is 41.0 Å². The molecule has 0 aromatic carbocycles. The Morgan fingerprint density at radius 3 is 2.64 bits per heavy atom. The number of hydrogen-bond donors (Lipinski definition) is 1. The van der Waals surface area contributed by atoms with Crippen molar-refractivity contribution >= 4 is 5.97 Å². The molecule has 1 aromatic heterocycles. The standard InChI is InChI=1S/C11H13NO2/c1-6-5-9(6)10-4-3-8(11(13)14)7(2)12-10/h3-4,6,9H,5H2,1-2H3,(H,13,14). The van der Waals surface area contributed by atoms with Crippen LogP contribution in [0, 0.1) is 12.8 Å². The fraction of sp³-hybridized carbons (Fsp3) is 0.455. The molecule has 1 aromatic rings. The maximum Gasteiger partial charge on any atom is 0.337 e. The zero-order chi connectivity index (χ0) is 10.3. The number of hydrogen-bond acceptors (Lipinski definition) is 2. The minimum atomic E-state index is -0.898. The fourth-order valence-electron chi connectivity index (χ4n) is 1.75. The molecule has 1 aliphatic rings. The first-order chi connectivity index (χ1) is 6.59. The van der Waals surface area contributed by atoms with Gasteiger partial charge in [0.1, 0.15) is 0 Å². The van der Waals surface area contributed by atoms with Crippen LogP contribution in [0.25, 0.3) is 0 Å². The summed E-state index contributed by atoms with van der Waals surface area (Å²) < 4.78 is 0. The molecule has 14 heavy (non-hydrogen) atoms. The smallest absolute Gasteiger partial charge is 0.337 e. The average molecular weight is 191 g/mol. The van der Waals surface area contributed by atoms with Gasteiger partial charge < -0.3 is 5.11 Å². The van der Waals surface area contributed by atoms with Crippen LogP contribution in [-0.4, -0.2) is 16.1 Å². The third-order valence-corrected chi connectivity index (χ3v) is 2.83. The van der Waals surface area contributed by atoms with Crippen molar-refractivity contribution < 1.29 is 9.90 Å². The molecule has 0 saturated heterocycles. The molecule has 2 unspecified atom stereocenters. The van der Waals surface area contributed by atoms with Gasteiger partial charge in [-0.1, -0.05) is 6.92 Å². The predicted octanol–water partition coefficient (Wildman–Crippen LogP) is 2.21. The SMILES string of the molecule is Cc1nc(C2CC2C)ccc1C(=O)O. The summed E-state index contributed by atoms with van der Waals surface area (Å²) in [5, 5.41) is 8.82. The first kappa shape index (κ1) is 9.19. The summed E-state index contributed by atoms with van der Waals surface area (Å²) >= 11 is 0. The fourth-order valence-corrected chi connectivity index (χ4v) is 1.75. The number of rotatable bonds is 2. The normalized spacial score (nSPS) is 24.7. The van der Waals surface area contributed by atoms with Crippen molar-refractivity contribution in [1.82, 2.24) is 4.98 Å². The lowest BCUT2D eigenvalue weighted by molar-refractivity contribution is 0.0695. The van der Waals surface area contributed by atoms with Gasteiger partial charge in [0.25, 0.3) is 0 Å². The monoisotopic (exact) mass is 191 g/mol. The second kappa shape index (κ2) is 3.08. The number of carbonyl (C=O) groups is 1. The van der Waals surface area contributed by atoms with Gasteiger partial charge in [0, 0.05) is 11.6 Å². The quantitative estimate of drug-likeness (QED) is 0.779. The Bertz CT molecular complexity index is 387. The van der Waals surface area contributed by atoms with Gasteiger partial charge in [-0.2, -0.15) is 0 Å². The van der Waals surface area contributed by atoms with Crippen molar-refractivity contribution in [1.29, 1.82) is 0 Å². The van der Waals surface area contributed by atoms with E-state index in [1.54, 1.807) is 13.0 Å². The Kier molecular flexibility index (Phi) is 2.02. The highest BCUT2D eigenvalue weighted by Gasteiger charge is 2.35. The summed E-state index contributed by atoms with van der Waals surface area (Å²) in [5.74, 6) is 0.361. The van der Waals surface area contributed by atoms with Crippen LogP contribution in [0.15, 0.2) is 12.1 Å². The topological polar surface area (TPSA) is 50.2 Å².